The molecular weight excluding hydrogens is 272 g/mol. The van der Waals surface area contributed by atoms with Gasteiger partial charge in [-0.1, -0.05) is 12.1 Å². The van der Waals surface area contributed by atoms with E-state index < -0.39 is 0 Å². The summed E-state index contributed by atoms with van der Waals surface area (Å²) >= 11 is 1.55. The fourth-order valence-corrected chi connectivity index (χ4v) is 3.02. The average Bonchev–Trinajstić information content (AvgIpc) is 3.01. The molecule has 0 saturated heterocycles. The lowest BCUT2D eigenvalue weighted by Crippen LogP contribution is -2.10. The number of fused-ring (bicyclic) bond motifs is 1. The number of hydrogen-bond donors (Lipinski definition) is 1. The maximum atomic E-state index is 5.98. The van der Waals surface area contributed by atoms with Crippen molar-refractivity contribution in [3.05, 3.63) is 35.5 Å². The zero-order valence-electron chi connectivity index (χ0n) is 11.4. The summed E-state index contributed by atoms with van der Waals surface area (Å²) < 4.78 is 7.71. The van der Waals surface area contributed by atoms with E-state index in [2.05, 4.69) is 15.6 Å². The third-order valence-electron chi connectivity index (χ3n) is 3.05. The fraction of sp³-hybridized carbons (Fsp3) is 0.286. The molecule has 0 fully saturated rings. The van der Waals surface area contributed by atoms with E-state index in [1.165, 1.54) is 0 Å². The summed E-state index contributed by atoms with van der Waals surface area (Å²) in [5.41, 5.74) is 8.03. The van der Waals surface area contributed by atoms with Crippen LogP contribution in [0.15, 0.2) is 29.6 Å². The maximum Gasteiger partial charge on any atom is 0.216 e. The molecule has 0 amide bonds. The summed E-state index contributed by atoms with van der Waals surface area (Å²) in [6.07, 6.45) is 0. The SMILES string of the molecule is CCOc1ccccc1-c1csc2nnc(C(C)N)n12. The van der Waals surface area contributed by atoms with Gasteiger partial charge in [-0.2, -0.15) is 0 Å². The second-order valence-electron chi connectivity index (χ2n) is 4.51. The summed E-state index contributed by atoms with van der Waals surface area (Å²) in [5, 5.41) is 10.4. The third-order valence-corrected chi connectivity index (χ3v) is 3.86. The molecule has 0 aliphatic rings. The Morgan fingerprint density at radius 1 is 1.35 bits per heavy atom. The minimum atomic E-state index is -0.169. The molecule has 1 unspecified atom stereocenters. The summed E-state index contributed by atoms with van der Waals surface area (Å²) in [4.78, 5) is 0.846. The number of aromatic nitrogens is 3. The van der Waals surface area contributed by atoms with Gasteiger partial charge < -0.3 is 10.5 Å². The van der Waals surface area contributed by atoms with E-state index in [-0.39, 0.29) is 6.04 Å². The topological polar surface area (TPSA) is 65.4 Å². The van der Waals surface area contributed by atoms with E-state index in [1.807, 2.05) is 42.5 Å². The lowest BCUT2D eigenvalue weighted by atomic mass is 10.1. The molecule has 104 valence electrons. The summed E-state index contributed by atoms with van der Waals surface area (Å²) in [6, 6.07) is 7.81. The van der Waals surface area contributed by atoms with Crippen LogP contribution in [0.25, 0.3) is 16.2 Å². The molecule has 1 aromatic carbocycles. The maximum absolute atomic E-state index is 5.98. The summed E-state index contributed by atoms with van der Waals surface area (Å²) in [7, 11) is 0. The lowest BCUT2D eigenvalue weighted by Gasteiger charge is -2.10. The van der Waals surface area contributed by atoms with Crippen LogP contribution in [-0.4, -0.2) is 21.2 Å². The first-order chi connectivity index (χ1) is 9.72. The largest absolute Gasteiger partial charge is 0.493 e. The van der Waals surface area contributed by atoms with Gasteiger partial charge in [0.2, 0.25) is 4.96 Å². The molecule has 2 heterocycles. The molecule has 0 radical (unpaired) electrons. The standard InChI is InChI=1S/C14H16N4OS/c1-3-19-12-7-5-4-6-10(12)11-8-20-14-17-16-13(9(2)15)18(11)14/h4-9H,3,15H2,1-2H3. The van der Waals surface area contributed by atoms with Crippen molar-refractivity contribution in [1.82, 2.24) is 14.6 Å². The smallest absolute Gasteiger partial charge is 0.216 e. The molecule has 2 aromatic heterocycles. The third kappa shape index (κ3) is 2.07. The quantitative estimate of drug-likeness (QED) is 0.801. The number of nitrogens with two attached hydrogens (primary N) is 1. The second-order valence-corrected chi connectivity index (χ2v) is 5.35. The van der Waals surface area contributed by atoms with E-state index in [1.54, 1.807) is 11.3 Å². The number of hydrogen-bond acceptors (Lipinski definition) is 5. The Morgan fingerprint density at radius 2 is 2.15 bits per heavy atom. The van der Waals surface area contributed by atoms with Crippen molar-refractivity contribution in [3.63, 3.8) is 0 Å². The normalized spacial score (nSPS) is 12.8. The van der Waals surface area contributed by atoms with E-state index in [0.717, 1.165) is 27.8 Å². The van der Waals surface area contributed by atoms with Crippen LogP contribution in [0.1, 0.15) is 25.7 Å². The second kappa shape index (κ2) is 5.22. The fourth-order valence-electron chi connectivity index (χ4n) is 2.18. The Bertz CT molecular complexity index is 732. The molecule has 5 nitrogen and oxygen atoms in total. The van der Waals surface area contributed by atoms with Gasteiger partial charge in [-0.25, -0.2) is 0 Å². The van der Waals surface area contributed by atoms with Crippen LogP contribution in [0.5, 0.6) is 5.75 Å². The van der Waals surface area contributed by atoms with Gasteiger partial charge in [0, 0.05) is 10.9 Å². The predicted molar refractivity (Wildman–Crippen MR) is 80.1 cm³/mol. The Hall–Kier alpha value is -1.92. The molecule has 0 bridgehead atoms. The van der Waals surface area contributed by atoms with Crippen LogP contribution in [0.2, 0.25) is 0 Å². The highest BCUT2D eigenvalue weighted by molar-refractivity contribution is 7.15. The Balaban J connectivity index is 2.22. The monoisotopic (exact) mass is 288 g/mol. The highest BCUT2D eigenvalue weighted by Crippen LogP contribution is 2.34. The van der Waals surface area contributed by atoms with Crippen molar-refractivity contribution in [2.24, 2.45) is 5.73 Å². The van der Waals surface area contributed by atoms with Crippen molar-refractivity contribution in [2.75, 3.05) is 6.61 Å². The number of para-hydroxylation sites is 1. The molecule has 6 heteroatoms. The number of nitrogens with zero attached hydrogens (tertiary/aromatic N) is 3. The van der Waals surface area contributed by atoms with Gasteiger partial charge in [0.05, 0.1) is 18.3 Å². The number of benzene rings is 1. The van der Waals surface area contributed by atoms with Crippen LogP contribution < -0.4 is 10.5 Å². The van der Waals surface area contributed by atoms with Gasteiger partial charge in [0.25, 0.3) is 0 Å². The van der Waals surface area contributed by atoms with Crippen molar-refractivity contribution < 1.29 is 4.74 Å². The van der Waals surface area contributed by atoms with E-state index in [9.17, 15) is 0 Å². The van der Waals surface area contributed by atoms with Gasteiger partial charge in [-0.3, -0.25) is 4.40 Å². The molecule has 0 spiro atoms. The van der Waals surface area contributed by atoms with E-state index in [0.29, 0.717) is 6.61 Å². The Labute approximate surface area is 121 Å². The molecule has 3 aromatic rings. The minimum Gasteiger partial charge on any atom is -0.493 e. The predicted octanol–water partition coefficient (Wildman–Crippen LogP) is 2.88. The van der Waals surface area contributed by atoms with E-state index in [4.69, 9.17) is 10.5 Å². The Morgan fingerprint density at radius 3 is 2.90 bits per heavy atom. The van der Waals surface area contributed by atoms with Gasteiger partial charge in [0.1, 0.15) is 5.75 Å². The van der Waals surface area contributed by atoms with Crippen LogP contribution >= 0.6 is 11.3 Å². The van der Waals surface area contributed by atoms with Gasteiger partial charge >= 0.3 is 0 Å². The zero-order valence-corrected chi connectivity index (χ0v) is 12.2. The molecule has 2 N–H and O–H groups in total. The van der Waals surface area contributed by atoms with Crippen LogP contribution in [0, 0.1) is 0 Å². The van der Waals surface area contributed by atoms with Crippen LogP contribution in [-0.2, 0) is 0 Å². The first-order valence-electron chi connectivity index (χ1n) is 6.52. The van der Waals surface area contributed by atoms with Gasteiger partial charge in [-0.15, -0.1) is 21.5 Å². The average molecular weight is 288 g/mol. The van der Waals surface area contributed by atoms with Crippen LogP contribution in [0.3, 0.4) is 0 Å². The number of thiazole rings is 1. The van der Waals surface area contributed by atoms with Crippen LogP contribution in [0.4, 0.5) is 0 Å². The summed E-state index contributed by atoms with van der Waals surface area (Å²) in [5.74, 6) is 1.63. The summed E-state index contributed by atoms with van der Waals surface area (Å²) in [6.45, 7) is 4.52. The zero-order chi connectivity index (χ0) is 14.1. The first kappa shape index (κ1) is 13.1. The molecule has 0 saturated carbocycles. The highest BCUT2D eigenvalue weighted by atomic mass is 32.1. The number of rotatable bonds is 4. The van der Waals surface area contributed by atoms with Crippen molar-refractivity contribution >= 4 is 16.3 Å². The molecular formula is C14H16N4OS. The van der Waals surface area contributed by atoms with Gasteiger partial charge in [0.15, 0.2) is 5.82 Å². The molecule has 1 atom stereocenters. The molecule has 0 aliphatic carbocycles. The van der Waals surface area contributed by atoms with Gasteiger partial charge in [-0.05, 0) is 26.0 Å². The Kier molecular flexibility index (Phi) is 3.42. The van der Waals surface area contributed by atoms with Crippen molar-refractivity contribution in [2.45, 2.75) is 19.9 Å². The molecule has 20 heavy (non-hydrogen) atoms. The van der Waals surface area contributed by atoms with Crippen molar-refractivity contribution in [3.8, 4) is 17.0 Å². The highest BCUT2D eigenvalue weighted by Gasteiger charge is 2.17. The van der Waals surface area contributed by atoms with Crippen molar-refractivity contribution in [1.29, 1.82) is 0 Å². The van der Waals surface area contributed by atoms with E-state index >= 15 is 0 Å². The number of ether oxygens (including phenoxy) is 1. The lowest BCUT2D eigenvalue weighted by molar-refractivity contribution is 0.341. The molecule has 3 rings (SSSR count). The minimum absolute atomic E-state index is 0.169. The molecule has 0 aliphatic heterocycles. The first-order valence-corrected chi connectivity index (χ1v) is 7.40.